The minimum Gasteiger partial charge on any atom is -0.489 e. The average molecular weight is 425 g/mol. The molecule has 0 heterocycles. The number of rotatable bonds is 5. The maximum absolute atomic E-state index is 12.9. The Labute approximate surface area is 184 Å². The standard InChI is InChI=1S/C25H29ClN2O2/c1-15(2)16-8-10-17(11-9-16)21(29)28-22-24(3,4)23(25(22,5)6)30-18-12-13-20(27-7)19(26)14-18/h8-15,22-23H,1-6H3,(H,28,29). The number of nitrogens with one attached hydrogen (secondary N) is 1. The first-order chi connectivity index (χ1) is 14.0. The van der Waals surface area contributed by atoms with E-state index >= 15 is 0 Å². The Morgan fingerprint density at radius 3 is 2.20 bits per heavy atom. The van der Waals surface area contributed by atoms with Crippen molar-refractivity contribution in [2.75, 3.05) is 0 Å². The van der Waals surface area contributed by atoms with Crippen molar-refractivity contribution in [2.45, 2.75) is 59.6 Å². The second kappa shape index (κ2) is 7.96. The van der Waals surface area contributed by atoms with Crippen molar-refractivity contribution < 1.29 is 9.53 Å². The van der Waals surface area contributed by atoms with E-state index < -0.39 is 0 Å². The highest BCUT2D eigenvalue weighted by atomic mass is 35.5. The van der Waals surface area contributed by atoms with E-state index in [1.807, 2.05) is 24.3 Å². The Balaban J connectivity index is 1.74. The Morgan fingerprint density at radius 2 is 1.70 bits per heavy atom. The number of amides is 1. The molecule has 0 bridgehead atoms. The lowest BCUT2D eigenvalue weighted by molar-refractivity contribution is -0.164. The van der Waals surface area contributed by atoms with Crippen molar-refractivity contribution >= 4 is 23.2 Å². The lowest BCUT2D eigenvalue weighted by Gasteiger charge is -2.63. The molecule has 1 aliphatic rings. The van der Waals surface area contributed by atoms with Crippen LogP contribution >= 0.6 is 11.6 Å². The minimum absolute atomic E-state index is 0.0507. The summed E-state index contributed by atoms with van der Waals surface area (Å²) in [5, 5.41) is 3.60. The molecule has 2 aromatic rings. The fraction of sp³-hybridized carbons (Fsp3) is 0.440. The Morgan fingerprint density at radius 1 is 1.10 bits per heavy atom. The van der Waals surface area contributed by atoms with E-state index in [4.69, 9.17) is 22.9 Å². The second-order valence-corrected chi connectivity index (χ2v) is 9.96. The van der Waals surface area contributed by atoms with Crippen molar-refractivity contribution in [1.29, 1.82) is 0 Å². The van der Waals surface area contributed by atoms with E-state index in [9.17, 15) is 4.79 Å². The van der Waals surface area contributed by atoms with Gasteiger partial charge in [-0.3, -0.25) is 4.79 Å². The van der Waals surface area contributed by atoms with Crippen LogP contribution in [0, 0.1) is 17.4 Å². The molecule has 2 aromatic carbocycles. The lowest BCUT2D eigenvalue weighted by Crippen LogP contribution is -2.74. The van der Waals surface area contributed by atoms with Crippen molar-refractivity contribution in [1.82, 2.24) is 5.32 Å². The van der Waals surface area contributed by atoms with Gasteiger partial charge in [0.15, 0.2) is 0 Å². The van der Waals surface area contributed by atoms with Gasteiger partial charge in [0.2, 0.25) is 5.69 Å². The summed E-state index contributed by atoms with van der Waals surface area (Å²) in [5.41, 5.74) is 1.73. The van der Waals surface area contributed by atoms with E-state index in [-0.39, 0.29) is 28.9 Å². The smallest absolute Gasteiger partial charge is 0.251 e. The molecule has 0 unspecified atom stereocenters. The molecule has 1 fully saturated rings. The third-order valence-electron chi connectivity index (χ3n) is 6.25. The summed E-state index contributed by atoms with van der Waals surface area (Å²) >= 11 is 6.16. The van der Waals surface area contributed by atoms with E-state index in [0.717, 1.165) is 0 Å². The summed E-state index contributed by atoms with van der Waals surface area (Å²) < 4.78 is 6.28. The van der Waals surface area contributed by atoms with Gasteiger partial charge >= 0.3 is 0 Å². The fourth-order valence-electron chi connectivity index (χ4n) is 4.82. The van der Waals surface area contributed by atoms with E-state index in [1.54, 1.807) is 18.2 Å². The van der Waals surface area contributed by atoms with Gasteiger partial charge in [-0.2, -0.15) is 0 Å². The summed E-state index contributed by atoms with van der Waals surface area (Å²) in [4.78, 5) is 16.3. The highest BCUT2D eigenvalue weighted by Crippen LogP contribution is 2.55. The SMILES string of the molecule is [C-]#[N+]c1ccc(OC2C(C)(C)C(NC(=O)c3ccc(C(C)C)cc3)C2(C)C)cc1Cl. The van der Waals surface area contributed by atoms with E-state index in [0.29, 0.717) is 27.9 Å². The zero-order chi connectivity index (χ0) is 22.3. The van der Waals surface area contributed by atoms with Gasteiger partial charge in [0.25, 0.3) is 5.91 Å². The number of hydrogen-bond donors (Lipinski definition) is 1. The number of ether oxygens (including phenoxy) is 1. The molecule has 1 saturated carbocycles. The van der Waals surface area contributed by atoms with Crippen LogP contribution in [0.3, 0.4) is 0 Å². The van der Waals surface area contributed by atoms with Gasteiger partial charge in [-0.15, -0.1) is 0 Å². The first kappa shape index (κ1) is 22.2. The highest BCUT2D eigenvalue weighted by molar-refractivity contribution is 6.33. The second-order valence-electron chi connectivity index (χ2n) is 9.55. The summed E-state index contributed by atoms with van der Waals surface area (Å²) in [6.45, 7) is 19.8. The molecule has 0 aromatic heterocycles. The number of carbonyl (C=O) groups excluding carboxylic acids is 1. The number of nitrogens with zero attached hydrogens (tertiary/aromatic N) is 1. The van der Waals surface area contributed by atoms with E-state index in [1.165, 1.54) is 5.56 Å². The lowest BCUT2D eigenvalue weighted by atomic mass is 9.49. The van der Waals surface area contributed by atoms with Gasteiger partial charge < -0.3 is 10.1 Å². The molecule has 158 valence electrons. The van der Waals surface area contributed by atoms with E-state index in [2.05, 4.69) is 51.7 Å². The van der Waals surface area contributed by atoms with Crippen molar-refractivity contribution in [3.8, 4) is 5.75 Å². The molecular formula is C25H29ClN2O2. The first-order valence-electron chi connectivity index (χ1n) is 10.2. The average Bonchev–Trinajstić information content (AvgIpc) is 2.69. The molecule has 4 nitrogen and oxygen atoms in total. The van der Waals surface area contributed by atoms with Gasteiger partial charge in [-0.25, -0.2) is 4.85 Å². The molecule has 0 spiro atoms. The fourth-order valence-corrected chi connectivity index (χ4v) is 5.03. The number of hydrogen-bond acceptors (Lipinski definition) is 2. The third kappa shape index (κ3) is 3.91. The highest BCUT2D eigenvalue weighted by Gasteiger charge is 2.64. The summed E-state index contributed by atoms with van der Waals surface area (Å²) in [6.07, 6.45) is -0.117. The molecule has 0 radical (unpaired) electrons. The topological polar surface area (TPSA) is 42.7 Å². The summed E-state index contributed by atoms with van der Waals surface area (Å²) in [5.74, 6) is 0.994. The quantitative estimate of drug-likeness (QED) is 0.547. The summed E-state index contributed by atoms with van der Waals surface area (Å²) in [6, 6.07) is 12.9. The van der Waals surface area contributed by atoms with Crippen molar-refractivity contribution in [3.05, 3.63) is 70.0 Å². The Hall–Kier alpha value is -2.51. The van der Waals surface area contributed by atoms with Crippen LogP contribution in [0.15, 0.2) is 42.5 Å². The molecule has 5 heteroatoms. The Bertz CT molecular complexity index is 971. The van der Waals surface area contributed by atoms with Gasteiger partial charge in [0.1, 0.15) is 11.9 Å². The number of benzene rings is 2. The minimum atomic E-state index is -0.276. The van der Waals surface area contributed by atoms with Crippen LogP contribution in [-0.2, 0) is 0 Å². The molecule has 0 saturated heterocycles. The monoisotopic (exact) mass is 424 g/mol. The van der Waals surface area contributed by atoms with Crippen LogP contribution in [0.2, 0.25) is 5.02 Å². The first-order valence-corrected chi connectivity index (χ1v) is 10.6. The summed E-state index contributed by atoms with van der Waals surface area (Å²) in [7, 11) is 0. The predicted octanol–water partition coefficient (Wildman–Crippen LogP) is 6.63. The van der Waals surface area contributed by atoms with Gasteiger partial charge in [0, 0.05) is 22.4 Å². The zero-order valence-corrected chi connectivity index (χ0v) is 19.2. The van der Waals surface area contributed by atoms with Gasteiger partial charge in [0.05, 0.1) is 11.6 Å². The molecular weight excluding hydrogens is 396 g/mol. The number of halogens is 1. The Kier molecular flexibility index (Phi) is 5.89. The van der Waals surface area contributed by atoms with Crippen molar-refractivity contribution in [3.63, 3.8) is 0 Å². The van der Waals surface area contributed by atoms with Crippen LogP contribution in [-0.4, -0.2) is 18.1 Å². The molecule has 30 heavy (non-hydrogen) atoms. The third-order valence-corrected chi connectivity index (χ3v) is 6.55. The zero-order valence-electron chi connectivity index (χ0n) is 18.4. The largest absolute Gasteiger partial charge is 0.489 e. The van der Waals surface area contributed by atoms with Gasteiger partial charge in [-0.05, 0) is 35.7 Å². The molecule has 1 aliphatic carbocycles. The maximum atomic E-state index is 12.9. The predicted molar refractivity (Wildman–Crippen MR) is 121 cm³/mol. The van der Waals surface area contributed by atoms with Crippen LogP contribution < -0.4 is 10.1 Å². The van der Waals surface area contributed by atoms with Crippen LogP contribution in [0.1, 0.15) is 63.4 Å². The van der Waals surface area contributed by atoms with Crippen LogP contribution in [0.5, 0.6) is 5.75 Å². The molecule has 3 rings (SSSR count). The number of carbonyl (C=O) groups is 1. The molecule has 0 aliphatic heterocycles. The normalized spacial score (nSPS) is 21.4. The van der Waals surface area contributed by atoms with Crippen molar-refractivity contribution in [2.24, 2.45) is 10.8 Å². The van der Waals surface area contributed by atoms with Gasteiger partial charge in [-0.1, -0.05) is 71.3 Å². The molecule has 1 amide bonds. The maximum Gasteiger partial charge on any atom is 0.251 e. The van der Waals surface area contributed by atoms with Crippen LogP contribution in [0.4, 0.5) is 5.69 Å². The molecule has 0 atom stereocenters. The van der Waals surface area contributed by atoms with Crippen LogP contribution in [0.25, 0.3) is 4.85 Å². The molecule has 1 N–H and O–H groups in total.